The zero-order valence-corrected chi connectivity index (χ0v) is 14.9. The molecular formula is C16H26BrN2O2+. The van der Waals surface area contributed by atoms with Gasteiger partial charge in [-0.15, -0.1) is 0 Å². The number of hydrogen-bond donors (Lipinski definition) is 2. The summed E-state index contributed by atoms with van der Waals surface area (Å²) in [6.07, 6.45) is 1.02. The first-order valence-corrected chi connectivity index (χ1v) is 8.12. The average Bonchev–Trinajstić information content (AvgIpc) is 2.38. The van der Waals surface area contributed by atoms with Crippen LogP contribution in [0, 0.1) is 5.92 Å². The molecule has 118 valence electrons. The van der Waals surface area contributed by atoms with Crippen LogP contribution in [-0.2, 0) is 11.3 Å². The molecule has 1 rings (SSSR count). The molecule has 0 heterocycles. The van der Waals surface area contributed by atoms with Gasteiger partial charge in [0.2, 0.25) is 0 Å². The molecule has 1 amide bonds. The Hall–Kier alpha value is -1.07. The van der Waals surface area contributed by atoms with Gasteiger partial charge in [-0.05, 0) is 30.5 Å². The van der Waals surface area contributed by atoms with Crippen LogP contribution in [0.3, 0.4) is 0 Å². The van der Waals surface area contributed by atoms with Gasteiger partial charge in [0.25, 0.3) is 5.91 Å². The normalized spacial score (nSPS) is 12.3. The van der Waals surface area contributed by atoms with E-state index < -0.39 is 0 Å². The highest BCUT2D eigenvalue weighted by molar-refractivity contribution is 9.10. The van der Waals surface area contributed by atoms with Crippen molar-refractivity contribution < 1.29 is 14.4 Å². The van der Waals surface area contributed by atoms with E-state index >= 15 is 0 Å². The molecule has 0 aromatic heterocycles. The topological polar surface area (TPSA) is 42.8 Å². The minimum Gasteiger partial charge on any atom is -0.496 e. The molecule has 5 heteroatoms. The molecule has 0 bridgehead atoms. The molecule has 0 aliphatic rings. The number of methoxy groups -OCH3 is 1. The molecular weight excluding hydrogens is 332 g/mol. The number of likely N-dealkylation sites (N-methyl/N-ethyl adjacent to an activating group) is 1. The lowest BCUT2D eigenvalue weighted by Gasteiger charge is -2.16. The number of amides is 1. The fourth-order valence-corrected chi connectivity index (χ4v) is 2.52. The third kappa shape index (κ3) is 6.96. The number of quaternary nitrogens is 1. The first-order valence-electron chi connectivity index (χ1n) is 7.32. The molecule has 0 fully saturated rings. The van der Waals surface area contributed by atoms with Crippen LogP contribution < -0.4 is 15.0 Å². The molecule has 4 nitrogen and oxygen atoms in total. The van der Waals surface area contributed by atoms with Crippen molar-refractivity contribution in [1.29, 1.82) is 0 Å². The molecule has 1 aromatic carbocycles. The van der Waals surface area contributed by atoms with Crippen molar-refractivity contribution in [2.45, 2.75) is 26.8 Å². The van der Waals surface area contributed by atoms with Gasteiger partial charge in [0.05, 0.1) is 14.2 Å². The molecule has 0 spiro atoms. The van der Waals surface area contributed by atoms with Gasteiger partial charge in [-0.3, -0.25) is 4.79 Å². The Morgan fingerprint density at radius 3 is 2.76 bits per heavy atom. The third-order valence-corrected chi connectivity index (χ3v) is 3.73. The smallest absolute Gasteiger partial charge is 0.275 e. The van der Waals surface area contributed by atoms with E-state index in [2.05, 4.69) is 35.1 Å². The van der Waals surface area contributed by atoms with Crippen molar-refractivity contribution in [3.63, 3.8) is 0 Å². The van der Waals surface area contributed by atoms with Crippen molar-refractivity contribution >= 4 is 21.8 Å². The maximum Gasteiger partial charge on any atom is 0.275 e. The maximum atomic E-state index is 11.9. The van der Waals surface area contributed by atoms with E-state index in [0.29, 0.717) is 12.5 Å². The molecule has 1 aromatic rings. The van der Waals surface area contributed by atoms with Crippen LogP contribution in [0.2, 0.25) is 0 Å². The Kier molecular flexibility index (Phi) is 7.75. The van der Waals surface area contributed by atoms with Gasteiger partial charge in [0.15, 0.2) is 6.54 Å². The Bertz CT molecular complexity index is 464. The van der Waals surface area contributed by atoms with E-state index in [9.17, 15) is 4.79 Å². The summed E-state index contributed by atoms with van der Waals surface area (Å²) in [4.78, 5) is 13.0. The predicted molar refractivity (Wildman–Crippen MR) is 88.6 cm³/mol. The van der Waals surface area contributed by atoms with Crippen molar-refractivity contribution in [3.8, 4) is 5.75 Å². The first kappa shape index (κ1) is 18.0. The number of hydrogen-bond acceptors (Lipinski definition) is 2. The standard InChI is InChI=1S/C16H25BrN2O2/c1-12(2)7-8-18-16(20)11-19(3)10-13-9-14(17)5-6-15(13)21-4/h5-6,9,12H,7-8,10-11H2,1-4H3,(H,18,20)/p+1. The van der Waals surface area contributed by atoms with Crippen LogP contribution >= 0.6 is 15.9 Å². The van der Waals surface area contributed by atoms with E-state index in [0.717, 1.165) is 40.2 Å². The van der Waals surface area contributed by atoms with E-state index in [1.54, 1.807) is 7.11 Å². The number of ether oxygens (including phenoxy) is 1. The van der Waals surface area contributed by atoms with E-state index in [-0.39, 0.29) is 5.91 Å². The Morgan fingerprint density at radius 2 is 2.14 bits per heavy atom. The SMILES string of the molecule is COc1ccc(Br)cc1C[NH+](C)CC(=O)NCCC(C)C. The van der Waals surface area contributed by atoms with Crippen molar-refractivity contribution in [2.75, 3.05) is 27.2 Å². The molecule has 0 aliphatic heterocycles. The first-order chi connectivity index (χ1) is 9.92. The largest absolute Gasteiger partial charge is 0.496 e. The van der Waals surface area contributed by atoms with Crippen LogP contribution in [0.25, 0.3) is 0 Å². The molecule has 21 heavy (non-hydrogen) atoms. The zero-order valence-electron chi connectivity index (χ0n) is 13.3. The highest BCUT2D eigenvalue weighted by Gasteiger charge is 2.13. The van der Waals surface area contributed by atoms with Gasteiger partial charge in [-0.25, -0.2) is 0 Å². The van der Waals surface area contributed by atoms with Gasteiger partial charge in [-0.1, -0.05) is 29.8 Å². The van der Waals surface area contributed by atoms with Crippen LogP contribution in [0.5, 0.6) is 5.75 Å². The summed E-state index contributed by atoms with van der Waals surface area (Å²) in [6, 6.07) is 5.94. The number of nitrogens with one attached hydrogen (secondary N) is 2. The lowest BCUT2D eigenvalue weighted by atomic mass is 10.1. The van der Waals surface area contributed by atoms with Crippen LogP contribution in [0.15, 0.2) is 22.7 Å². The zero-order chi connectivity index (χ0) is 15.8. The predicted octanol–water partition coefficient (Wildman–Crippen LogP) is 1.63. The Morgan fingerprint density at radius 1 is 1.43 bits per heavy atom. The lowest BCUT2D eigenvalue weighted by Crippen LogP contribution is -3.08. The Balaban J connectivity index is 2.48. The summed E-state index contributed by atoms with van der Waals surface area (Å²) >= 11 is 3.47. The van der Waals surface area contributed by atoms with Crippen molar-refractivity contribution in [1.82, 2.24) is 5.32 Å². The summed E-state index contributed by atoms with van der Waals surface area (Å²) in [7, 11) is 3.68. The number of rotatable bonds is 8. The number of halogens is 1. The molecule has 1 atom stereocenters. The summed E-state index contributed by atoms with van der Waals surface area (Å²) in [5.41, 5.74) is 1.10. The fraction of sp³-hybridized carbons (Fsp3) is 0.562. The second-order valence-corrected chi connectivity index (χ2v) is 6.71. The molecule has 0 saturated heterocycles. The molecule has 1 unspecified atom stereocenters. The minimum atomic E-state index is 0.0992. The molecule has 0 saturated carbocycles. The minimum absolute atomic E-state index is 0.0992. The van der Waals surface area contributed by atoms with Crippen molar-refractivity contribution in [3.05, 3.63) is 28.2 Å². The average molecular weight is 358 g/mol. The maximum absolute atomic E-state index is 11.9. The summed E-state index contributed by atoms with van der Waals surface area (Å²) in [6.45, 7) is 6.28. The number of carbonyl (C=O) groups excluding carboxylic acids is 1. The van der Waals surface area contributed by atoms with E-state index in [1.807, 2.05) is 25.2 Å². The fourth-order valence-electron chi connectivity index (χ4n) is 2.11. The summed E-state index contributed by atoms with van der Waals surface area (Å²) in [5.74, 6) is 1.57. The molecule has 0 radical (unpaired) electrons. The quantitative estimate of drug-likeness (QED) is 0.742. The van der Waals surface area contributed by atoms with Gasteiger partial charge in [0, 0.05) is 16.6 Å². The second kappa shape index (κ2) is 9.05. The summed E-state index contributed by atoms with van der Waals surface area (Å²) in [5, 5.41) is 2.97. The monoisotopic (exact) mass is 357 g/mol. The Labute approximate surface area is 136 Å². The van der Waals surface area contributed by atoms with Crippen LogP contribution in [0.1, 0.15) is 25.8 Å². The van der Waals surface area contributed by atoms with Gasteiger partial charge >= 0.3 is 0 Å². The summed E-state index contributed by atoms with van der Waals surface area (Å²) < 4.78 is 6.38. The highest BCUT2D eigenvalue weighted by Crippen LogP contribution is 2.21. The second-order valence-electron chi connectivity index (χ2n) is 5.80. The molecule has 2 N–H and O–H groups in total. The van der Waals surface area contributed by atoms with Crippen LogP contribution in [0.4, 0.5) is 0 Å². The van der Waals surface area contributed by atoms with Gasteiger partial charge in [-0.2, -0.15) is 0 Å². The highest BCUT2D eigenvalue weighted by atomic mass is 79.9. The van der Waals surface area contributed by atoms with Crippen LogP contribution in [-0.4, -0.2) is 33.2 Å². The molecule has 0 aliphatic carbocycles. The lowest BCUT2D eigenvalue weighted by molar-refractivity contribution is -0.885. The van der Waals surface area contributed by atoms with Gasteiger partial charge in [0.1, 0.15) is 12.3 Å². The van der Waals surface area contributed by atoms with Gasteiger partial charge < -0.3 is 15.0 Å². The number of carbonyl (C=O) groups is 1. The van der Waals surface area contributed by atoms with E-state index in [4.69, 9.17) is 4.74 Å². The number of benzene rings is 1. The third-order valence-electron chi connectivity index (χ3n) is 3.24. The van der Waals surface area contributed by atoms with Crippen molar-refractivity contribution in [2.24, 2.45) is 5.92 Å². The van der Waals surface area contributed by atoms with E-state index in [1.165, 1.54) is 0 Å².